The van der Waals surface area contributed by atoms with Crippen molar-refractivity contribution in [2.24, 2.45) is 5.41 Å². The average Bonchev–Trinajstić information content (AvgIpc) is 2.46. The Bertz CT molecular complexity index is 491. The Kier molecular flexibility index (Phi) is 4.71. The van der Waals surface area contributed by atoms with Crippen molar-refractivity contribution in [3.63, 3.8) is 0 Å². The van der Waals surface area contributed by atoms with E-state index in [0.717, 1.165) is 30.0 Å². The van der Waals surface area contributed by atoms with Crippen LogP contribution in [0.2, 0.25) is 5.02 Å². The van der Waals surface area contributed by atoms with Crippen molar-refractivity contribution in [3.8, 4) is 0 Å². The lowest BCUT2D eigenvalue weighted by atomic mass is 9.77. The molecule has 2 atom stereocenters. The molecule has 1 aliphatic heterocycles. The zero-order chi connectivity index (χ0) is 14.8. The van der Waals surface area contributed by atoms with E-state index in [1.165, 1.54) is 0 Å². The maximum absolute atomic E-state index is 11.6. The molecule has 0 bridgehead atoms. The Morgan fingerprint density at radius 2 is 2.30 bits per heavy atom. The van der Waals surface area contributed by atoms with Crippen LogP contribution in [0.1, 0.15) is 44.7 Å². The van der Waals surface area contributed by atoms with Crippen LogP contribution in [0.3, 0.4) is 0 Å². The first-order chi connectivity index (χ1) is 9.48. The van der Waals surface area contributed by atoms with Gasteiger partial charge >= 0.3 is 5.97 Å². The molecule has 1 aliphatic rings. The zero-order valence-electron chi connectivity index (χ0n) is 12.1. The van der Waals surface area contributed by atoms with E-state index in [0.29, 0.717) is 13.0 Å². The minimum atomic E-state index is -0.664. The fourth-order valence-corrected chi connectivity index (χ4v) is 3.29. The second-order valence-corrected chi connectivity index (χ2v) is 6.18. The van der Waals surface area contributed by atoms with Gasteiger partial charge in [0.15, 0.2) is 0 Å². The van der Waals surface area contributed by atoms with Crippen molar-refractivity contribution in [2.45, 2.75) is 39.2 Å². The molecule has 3 nitrogen and oxygen atoms in total. The number of carboxylic acids is 1. The number of carboxylic acid groups (broad SMARTS) is 1. The summed E-state index contributed by atoms with van der Waals surface area (Å²) in [6.45, 7) is 5.66. The van der Waals surface area contributed by atoms with Crippen LogP contribution < -0.4 is 0 Å². The standard InChI is InChI=1S/C16H22ClNO2/c1-3-16(15(19)20)8-5-9-18(11-16)12(2)13-6-4-7-14(17)10-13/h4,6-7,10,12H,3,5,8-9,11H2,1-2H3,(H,19,20). The second-order valence-electron chi connectivity index (χ2n) is 5.74. The van der Waals surface area contributed by atoms with E-state index in [1.54, 1.807) is 0 Å². The molecule has 0 saturated carbocycles. The van der Waals surface area contributed by atoms with E-state index in [-0.39, 0.29) is 6.04 Å². The van der Waals surface area contributed by atoms with Crippen molar-refractivity contribution in [1.82, 2.24) is 4.90 Å². The van der Waals surface area contributed by atoms with Gasteiger partial charge in [0.1, 0.15) is 0 Å². The third-order valence-corrected chi connectivity index (χ3v) is 4.85. The number of carbonyl (C=O) groups is 1. The fourth-order valence-electron chi connectivity index (χ4n) is 3.09. The van der Waals surface area contributed by atoms with Gasteiger partial charge in [-0.2, -0.15) is 0 Å². The van der Waals surface area contributed by atoms with E-state index < -0.39 is 11.4 Å². The van der Waals surface area contributed by atoms with Gasteiger partial charge in [-0.15, -0.1) is 0 Å². The molecule has 0 amide bonds. The molecule has 1 heterocycles. The largest absolute Gasteiger partial charge is 0.481 e. The maximum atomic E-state index is 11.6. The van der Waals surface area contributed by atoms with Gasteiger partial charge in [-0.25, -0.2) is 0 Å². The minimum Gasteiger partial charge on any atom is -0.481 e. The highest BCUT2D eigenvalue weighted by molar-refractivity contribution is 6.30. The normalized spacial score (nSPS) is 25.4. The Hall–Kier alpha value is -1.06. The Morgan fingerprint density at radius 3 is 2.90 bits per heavy atom. The predicted octanol–water partition coefficient (Wildman–Crippen LogP) is 3.98. The van der Waals surface area contributed by atoms with Crippen LogP contribution in [0.4, 0.5) is 0 Å². The summed E-state index contributed by atoms with van der Waals surface area (Å²) in [5, 5.41) is 10.3. The highest BCUT2D eigenvalue weighted by Gasteiger charge is 2.41. The molecule has 1 fully saturated rings. The van der Waals surface area contributed by atoms with Gasteiger partial charge in [0.25, 0.3) is 0 Å². The monoisotopic (exact) mass is 295 g/mol. The van der Waals surface area contributed by atoms with Crippen LogP contribution in [-0.4, -0.2) is 29.1 Å². The third-order valence-electron chi connectivity index (χ3n) is 4.62. The third kappa shape index (κ3) is 2.99. The number of benzene rings is 1. The van der Waals surface area contributed by atoms with Crippen molar-refractivity contribution in [2.75, 3.05) is 13.1 Å². The molecule has 0 spiro atoms. The molecule has 20 heavy (non-hydrogen) atoms. The van der Waals surface area contributed by atoms with Gasteiger partial charge in [0.2, 0.25) is 0 Å². The molecule has 1 N–H and O–H groups in total. The van der Waals surface area contributed by atoms with Crippen LogP contribution in [-0.2, 0) is 4.79 Å². The Balaban J connectivity index is 2.18. The SMILES string of the molecule is CCC1(C(=O)O)CCCN(C(C)c2cccc(Cl)c2)C1. The summed E-state index contributed by atoms with van der Waals surface area (Å²) in [6.07, 6.45) is 2.39. The van der Waals surface area contributed by atoms with Crippen LogP contribution >= 0.6 is 11.6 Å². The minimum absolute atomic E-state index is 0.194. The van der Waals surface area contributed by atoms with Gasteiger partial charge in [-0.3, -0.25) is 9.69 Å². The Morgan fingerprint density at radius 1 is 1.55 bits per heavy atom. The number of halogens is 1. The number of piperidine rings is 1. The number of likely N-dealkylation sites (tertiary alicyclic amines) is 1. The van der Waals surface area contributed by atoms with E-state index in [1.807, 2.05) is 25.1 Å². The van der Waals surface area contributed by atoms with Gasteiger partial charge in [-0.05, 0) is 50.4 Å². The summed E-state index contributed by atoms with van der Waals surface area (Å²) < 4.78 is 0. The highest BCUT2D eigenvalue weighted by atomic mass is 35.5. The van der Waals surface area contributed by atoms with E-state index in [2.05, 4.69) is 17.9 Å². The summed E-state index contributed by atoms with van der Waals surface area (Å²) in [5.41, 5.74) is 0.556. The van der Waals surface area contributed by atoms with Crippen LogP contribution in [0, 0.1) is 5.41 Å². The first-order valence-corrected chi connectivity index (χ1v) is 7.59. The van der Waals surface area contributed by atoms with Crippen LogP contribution in [0.5, 0.6) is 0 Å². The molecule has 4 heteroatoms. The molecule has 110 valence electrons. The molecule has 2 unspecified atom stereocenters. The number of nitrogens with zero attached hydrogens (tertiary/aromatic N) is 1. The molecule has 1 saturated heterocycles. The molecule has 2 rings (SSSR count). The van der Waals surface area contributed by atoms with E-state index in [9.17, 15) is 9.90 Å². The predicted molar refractivity (Wildman–Crippen MR) is 81.0 cm³/mol. The number of hydrogen-bond acceptors (Lipinski definition) is 2. The lowest BCUT2D eigenvalue weighted by molar-refractivity contribution is -0.153. The van der Waals surface area contributed by atoms with Crippen molar-refractivity contribution in [3.05, 3.63) is 34.9 Å². The summed E-state index contributed by atoms with van der Waals surface area (Å²) in [4.78, 5) is 13.9. The lowest BCUT2D eigenvalue weighted by Gasteiger charge is -2.42. The molecular weight excluding hydrogens is 274 g/mol. The van der Waals surface area contributed by atoms with E-state index >= 15 is 0 Å². The maximum Gasteiger partial charge on any atom is 0.310 e. The molecule has 1 aromatic rings. The smallest absolute Gasteiger partial charge is 0.310 e. The Labute approximate surface area is 125 Å². The molecule has 0 aliphatic carbocycles. The first kappa shape index (κ1) is 15.3. The van der Waals surface area contributed by atoms with Crippen LogP contribution in [0.25, 0.3) is 0 Å². The van der Waals surface area contributed by atoms with Gasteiger partial charge < -0.3 is 5.11 Å². The number of hydrogen-bond donors (Lipinski definition) is 1. The molecular formula is C16H22ClNO2. The number of aliphatic carboxylic acids is 1. The highest BCUT2D eigenvalue weighted by Crippen LogP contribution is 2.37. The molecule has 0 aromatic heterocycles. The summed E-state index contributed by atoms with van der Waals surface area (Å²) in [6, 6.07) is 8.03. The summed E-state index contributed by atoms with van der Waals surface area (Å²) in [5.74, 6) is -0.664. The summed E-state index contributed by atoms with van der Waals surface area (Å²) >= 11 is 6.05. The van der Waals surface area contributed by atoms with Crippen molar-refractivity contribution in [1.29, 1.82) is 0 Å². The quantitative estimate of drug-likeness (QED) is 0.913. The topological polar surface area (TPSA) is 40.5 Å². The zero-order valence-corrected chi connectivity index (χ0v) is 12.9. The number of rotatable bonds is 4. The van der Waals surface area contributed by atoms with Crippen LogP contribution in [0.15, 0.2) is 24.3 Å². The second kappa shape index (κ2) is 6.15. The van der Waals surface area contributed by atoms with E-state index in [4.69, 9.17) is 11.6 Å². The van der Waals surface area contributed by atoms with Crippen molar-refractivity contribution < 1.29 is 9.90 Å². The first-order valence-electron chi connectivity index (χ1n) is 7.21. The van der Waals surface area contributed by atoms with Gasteiger partial charge in [0, 0.05) is 17.6 Å². The fraction of sp³-hybridized carbons (Fsp3) is 0.562. The molecule has 1 aromatic carbocycles. The summed E-state index contributed by atoms with van der Waals surface area (Å²) in [7, 11) is 0. The van der Waals surface area contributed by atoms with Gasteiger partial charge in [0.05, 0.1) is 5.41 Å². The molecule has 0 radical (unpaired) electrons. The lowest BCUT2D eigenvalue weighted by Crippen LogP contribution is -2.48. The van der Waals surface area contributed by atoms with Gasteiger partial charge in [-0.1, -0.05) is 30.7 Å². The van der Waals surface area contributed by atoms with Crippen molar-refractivity contribution >= 4 is 17.6 Å². The average molecular weight is 296 g/mol.